The minimum atomic E-state index is -0.739. The van der Waals surface area contributed by atoms with E-state index in [0.717, 1.165) is 25.8 Å². The molecule has 0 aliphatic rings. The number of hydrogen-bond acceptors (Lipinski definition) is 2. The normalized spacial score (nSPS) is 10.2. The number of benzene rings is 1. The van der Waals surface area contributed by atoms with E-state index in [9.17, 15) is 4.79 Å². The monoisotopic (exact) mass is 221 g/mol. The average molecular weight is 221 g/mol. The fourth-order valence-electron chi connectivity index (χ4n) is 1.54. The summed E-state index contributed by atoms with van der Waals surface area (Å²) < 4.78 is 0. The molecule has 1 rings (SSSR count). The molecule has 1 aromatic carbocycles. The van der Waals surface area contributed by atoms with E-state index < -0.39 is 5.97 Å². The van der Waals surface area contributed by atoms with Crippen molar-refractivity contribution in [2.24, 2.45) is 0 Å². The number of carboxylic acid groups (broad SMARTS) is 1. The SMILES string of the molecule is O=C(O)CCNCCCCc1ccccc1. The number of unbranched alkanes of at least 4 members (excludes halogenated alkanes) is 1. The van der Waals surface area contributed by atoms with Crippen LogP contribution in [0.3, 0.4) is 0 Å². The van der Waals surface area contributed by atoms with Gasteiger partial charge in [-0.1, -0.05) is 30.3 Å². The second-order valence-electron chi connectivity index (χ2n) is 3.84. The van der Waals surface area contributed by atoms with Crippen LogP contribution in [-0.2, 0) is 11.2 Å². The van der Waals surface area contributed by atoms with Gasteiger partial charge in [0.05, 0.1) is 6.42 Å². The smallest absolute Gasteiger partial charge is 0.304 e. The summed E-state index contributed by atoms with van der Waals surface area (Å²) in [5.41, 5.74) is 1.37. The molecule has 88 valence electrons. The van der Waals surface area contributed by atoms with Crippen molar-refractivity contribution in [2.45, 2.75) is 25.7 Å². The number of carboxylic acids is 1. The Morgan fingerprint density at radius 3 is 2.56 bits per heavy atom. The summed E-state index contributed by atoms with van der Waals surface area (Å²) in [4.78, 5) is 10.2. The maximum Gasteiger partial charge on any atom is 0.304 e. The van der Waals surface area contributed by atoms with Crippen LogP contribution in [0.25, 0.3) is 0 Å². The highest BCUT2D eigenvalue weighted by Gasteiger charge is 1.95. The highest BCUT2D eigenvalue weighted by molar-refractivity contribution is 5.66. The van der Waals surface area contributed by atoms with Gasteiger partial charge in [-0.25, -0.2) is 0 Å². The van der Waals surface area contributed by atoms with Crippen molar-refractivity contribution in [3.63, 3.8) is 0 Å². The summed E-state index contributed by atoms with van der Waals surface area (Å²) in [5.74, 6) is -0.739. The Balaban J connectivity index is 1.94. The second kappa shape index (κ2) is 7.88. The van der Waals surface area contributed by atoms with Crippen LogP contribution in [0.2, 0.25) is 0 Å². The van der Waals surface area contributed by atoms with E-state index in [1.807, 2.05) is 6.07 Å². The van der Waals surface area contributed by atoms with Crippen molar-refractivity contribution < 1.29 is 9.90 Å². The van der Waals surface area contributed by atoms with Gasteiger partial charge in [0, 0.05) is 6.54 Å². The molecule has 0 aromatic heterocycles. The Hall–Kier alpha value is -1.35. The van der Waals surface area contributed by atoms with Gasteiger partial charge in [0.15, 0.2) is 0 Å². The van der Waals surface area contributed by atoms with Crippen LogP contribution in [-0.4, -0.2) is 24.2 Å². The third kappa shape index (κ3) is 6.19. The molecule has 3 heteroatoms. The molecule has 0 radical (unpaired) electrons. The first kappa shape index (κ1) is 12.7. The van der Waals surface area contributed by atoms with Crippen LogP contribution in [0.4, 0.5) is 0 Å². The van der Waals surface area contributed by atoms with Crippen LogP contribution in [0.1, 0.15) is 24.8 Å². The summed E-state index contributed by atoms with van der Waals surface area (Å²) in [6.45, 7) is 1.47. The van der Waals surface area contributed by atoms with E-state index in [4.69, 9.17) is 5.11 Å². The Morgan fingerprint density at radius 2 is 1.88 bits per heavy atom. The Morgan fingerprint density at radius 1 is 1.12 bits per heavy atom. The number of carbonyl (C=O) groups is 1. The highest BCUT2D eigenvalue weighted by atomic mass is 16.4. The van der Waals surface area contributed by atoms with E-state index in [0.29, 0.717) is 6.54 Å². The Labute approximate surface area is 96.5 Å². The highest BCUT2D eigenvalue weighted by Crippen LogP contribution is 2.03. The Kier molecular flexibility index (Phi) is 6.26. The molecular weight excluding hydrogens is 202 g/mol. The molecule has 0 saturated heterocycles. The van der Waals surface area contributed by atoms with Crippen molar-refractivity contribution in [1.29, 1.82) is 0 Å². The number of hydrogen-bond donors (Lipinski definition) is 2. The molecular formula is C13H19NO2. The first-order valence-corrected chi connectivity index (χ1v) is 5.75. The molecule has 0 spiro atoms. The van der Waals surface area contributed by atoms with Crippen LogP contribution in [0, 0.1) is 0 Å². The molecule has 0 heterocycles. The number of nitrogens with one attached hydrogen (secondary N) is 1. The molecule has 2 N–H and O–H groups in total. The summed E-state index contributed by atoms with van der Waals surface area (Å²) in [7, 11) is 0. The van der Waals surface area contributed by atoms with Gasteiger partial charge >= 0.3 is 5.97 Å². The molecule has 0 unspecified atom stereocenters. The Bertz CT molecular complexity index is 298. The van der Waals surface area contributed by atoms with Gasteiger partial charge in [0.2, 0.25) is 0 Å². The van der Waals surface area contributed by atoms with Gasteiger partial charge < -0.3 is 10.4 Å². The quantitative estimate of drug-likeness (QED) is 0.661. The summed E-state index contributed by atoms with van der Waals surface area (Å²) >= 11 is 0. The lowest BCUT2D eigenvalue weighted by Crippen LogP contribution is -2.19. The lowest BCUT2D eigenvalue weighted by molar-refractivity contribution is -0.136. The zero-order valence-electron chi connectivity index (χ0n) is 9.48. The lowest BCUT2D eigenvalue weighted by atomic mass is 10.1. The topological polar surface area (TPSA) is 49.3 Å². The predicted molar refractivity (Wildman–Crippen MR) is 64.5 cm³/mol. The fourth-order valence-corrected chi connectivity index (χ4v) is 1.54. The first-order chi connectivity index (χ1) is 7.79. The summed E-state index contributed by atoms with van der Waals surface area (Å²) in [5, 5.41) is 11.5. The molecule has 0 aliphatic heterocycles. The van der Waals surface area contributed by atoms with Crippen molar-refractivity contribution >= 4 is 5.97 Å². The van der Waals surface area contributed by atoms with Gasteiger partial charge in [-0.2, -0.15) is 0 Å². The molecule has 0 aliphatic carbocycles. The minimum Gasteiger partial charge on any atom is -0.481 e. The van der Waals surface area contributed by atoms with Crippen LogP contribution < -0.4 is 5.32 Å². The van der Waals surface area contributed by atoms with Gasteiger partial charge in [0.1, 0.15) is 0 Å². The first-order valence-electron chi connectivity index (χ1n) is 5.75. The summed E-state index contributed by atoms with van der Waals surface area (Å²) in [6, 6.07) is 10.4. The second-order valence-corrected chi connectivity index (χ2v) is 3.84. The molecule has 3 nitrogen and oxygen atoms in total. The van der Waals surface area contributed by atoms with Crippen LogP contribution in [0.15, 0.2) is 30.3 Å². The number of aliphatic carboxylic acids is 1. The van der Waals surface area contributed by atoms with Gasteiger partial charge in [-0.05, 0) is 31.4 Å². The van der Waals surface area contributed by atoms with E-state index in [1.165, 1.54) is 5.56 Å². The minimum absolute atomic E-state index is 0.207. The molecule has 0 fully saturated rings. The third-order valence-electron chi connectivity index (χ3n) is 2.43. The fraction of sp³-hybridized carbons (Fsp3) is 0.462. The van der Waals surface area contributed by atoms with Crippen molar-refractivity contribution in [2.75, 3.05) is 13.1 Å². The average Bonchev–Trinajstić information content (AvgIpc) is 2.29. The van der Waals surface area contributed by atoms with Crippen molar-refractivity contribution in [3.8, 4) is 0 Å². The standard InChI is InChI=1S/C13H19NO2/c15-13(16)9-11-14-10-5-4-8-12-6-2-1-3-7-12/h1-3,6-7,14H,4-5,8-11H2,(H,15,16). The van der Waals surface area contributed by atoms with E-state index >= 15 is 0 Å². The molecule has 0 bridgehead atoms. The van der Waals surface area contributed by atoms with Gasteiger partial charge in [0.25, 0.3) is 0 Å². The molecule has 0 amide bonds. The van der Waals surface area contributed by atoms with Crippen LogP contribution in [0.5, 0.6) is 0 Å². The number of aryl methyl sites for hydroxylation is 1. The molecule has 16 heavy (non-hydrogen) atoms. The number of rotatable bonds is 8. The zero-order valence-corrected chi connectivity index (χ0v) is 9.48. The van der Waals surface area contributed by atoms with Crippen molar-refractivity contribution in [3.05, 3.63) is 35.9 Å². The van der Waals surface area contributed by atoms with E-state index in [1.54, 1.807) is 0 Å². The zero-order chi connectivity index (χ0) is 11.6. The predicted octanol–water partition coefficient (Wildman–Crippen LogP) is 2.07. The maximum absolute atomic E-state index is 10.2. The summed E-state index contributed by atoms with van der Waals surface area (Å²) in [6.07, 6.45) is 3.54. The van der Waals surface area contributed by atoms with E-state index in [2.05, 4.69) is 29.6 Å². The maximum atomic E-state index is 10.2. The lowest BCUT2D eigenvalue weighted by Gasteiger charge is -2.03. The van der Waals surface area contributed by atoms with E-state index in [-0.39, 0.29) is 6.42 Å². The molecule has 0 atom stereocenters. The third-order valence-corrected chi connectivity index (χ3v) is 2.43. The largest absolute Gasteiger partial charge is 0.481 e. The van der Waals surface area contributed by atoms with Gasteiger partial charge in [-0.3, -0.25) is 4.79 Å². The molecule has 1 aromatic rings. The molecule has 0 saturated carbocycles. The van der Waals surface area contributed by atoms with Crippen LogP contribution >= 0.6 is 0 Å². The van der Waals surface area contributed by atoms with Crippen molar-refractivity contribution in [1.82, 2.24) is 5.32 Å². The van der Waals surface area contributed by atoms with Gasteiger partial charge in [-0.15, -0.1) is 0 Å².